The summed E-state index contributed by atoms with van der Waals surface area (Å²) in [5, 5.41) is 9.84. The molecule has 1 aromatic carbocycles. The van der Waals surface area contributed by atoms with Crippen molar-refractivity contribution in [2.45, 2.75) is 71.9 Å². The molecule has 5 nitrogen and oxygen atoms in total. The van der Waals surface area contributed by atoms with E-state index >= 15 is 0 Å². The van der Waals surface area contributed by atoms with Gasteiger partial charge in [-0.1, -0.05) is 58.0 Å². The summed E-state index contributed by atoms with van der Waals surface area (Å²) in [6.45, 7) is 9.15. The van der Waals surface area contributed by atoms with Gasteiger partial charge in [0, 0.05) is 11.5 Å². The van der Waals surface area contributed by atoms with E-state index in [1.54, 1.807) is 0 Å². The fourth-order valence-electron chi connectivity index (χ4n) is 4.88. The zero-order chi connectivity index (χ0) is 19.9. The number of rotatable bonds is 3. The number of hydrazone groups is 1. The van der Waals surface area contributed by atoms with Crippen LogP contribution in [0.1, 0.15) is 65.4 Å². The number of hydrogen-bond donors (Lipinski definition) is 1. The van der Waals surface area contributed by atoms with Crippen molar-refractivity contribution in [3.05, 3.63) is 35.9 Å². The zero-order valence-corrected chi connectivity index (χ0v) is 17.5. The van der Waals surface area contributed by atoms with E-state index in [1.807, 2.05) is 35.3 Å². The molecule has 0 spiro atoms. The van der Waals surface area contributed by atoms with E-state index in [0.717, 1.165) is 36.6 Å². The molecule has 3 aliphatic rings. The normalized spacial score (nSPS) is 30.4. The lowest BCUT2D eigenvalue weighted by Crippen LogP contribution is -2.55. The fourth-order valence-corrected chi connectivity index (χ4v) is 4.88. The van der Waals surface area contributed by atoms with Crippen molar-refractivity contribution in [1.82, 2.24) is 10.3 Å². The Labute approximate surface area is 168 Å². The summed E-state index contributed by atoms with van der Waals surface area (Å²) in [4.78, 5) is 17.9. The average molecular weight is 381 g/mol. The van der Waals surface area contributed by atoms with Crippen molar-refractivity contribution in [1.29, 1.82) is 0 Å². The van der Waals surface area contributed by atoms with Gasteiger partial charge in [0.15, 0.2) is 11.9 Å². The van der Waals surface area contributed by atoms with Gasteiger partial charge in [-0.25, -0.2) is 5.01 Å². The first-order chi connectivity index (χ1) is 13.4. The molecule has 1 amide bonds. The SMILES string of the molecule is CCC1N=C(C2CCC(C(C)(C)C)CC2)N2N=C(c3ccccc3)NC(=O)C12. The van der Waals surface area contributed by atoms with Crippen LogP contribution < -0.4 is 5.32 Å². The molecule has 4 rings (SSSR count). The maximum Gasteiger partial charge on any atom is 0.252 e. The minimum atomic E-state index is -0.298. The molecule has 5 heteroatoms. The Morgan fingerprint density at radius 2 is 1.79 bits per heavy atom. The lowest BCUT2D eigenvalue weighted by Gasteiger charge is -2.38. The maximum absolute atomic E-state index is 12.9. The van der Waals surface area contributed by atoms with Gasteiger partial charge in [-0.15, -0.1) is 0 Å². The third-order valence-electron chi connectivity index (χ3n) is 6.66. The number of benzene rings is 1. The number of carbonyl (C=O) groups excluding carboxylic acids is 1. The molecule has 2 heterocycles. The molecule has 150 valence electrons. The maximum atomic E-state index is 12.9. The molecular formula is C23H32N4O. The zero-order valence-electron chi connectivity index (χ0n) is 17.5. The Morgan fingerprint density at radius 1 is 1.11 bits per heavy atom. The van der Waals surface area contributed by atoms with E-state index < -0.39 is 0 Å². The van der Waals surface area contributed by atoms with Crippen LogP contribution in [-0.4, -0.2) is 34.7 Å². The molecular weight excluding hydrogens is 348 g/mol. The first kappa shape index (κ1) is 19.2. The van der Waals surface area contributed by atoms with Gasteiger partial charge in [0.1, 0.15) is 5.84 Å². The first-order valence-corrected chi connectivity index (χ1v) is 10.7. The van der Waals surface area contributed by atoms with Crippen LogP contribution >= 0.6 is 0 Å². The second-order valence-corrected chi connectivity index (χ2v) is 9.47. The summed E-state index contributed by atoms with van der Waals surface area (Å²) < 4.78 is 0. The lowest BCUT2D eigenvalue weighted by atomic mass is 9.69. The predicted molar refractivity (Wildman–Crippen MR) is 113 cm³/mol. The number of carbonyl (C=O) groups is 1. The molecule has 28 heavy (non-hydrogen) atoms. The highest BCUT2D eigenvalue weighted by molar-refractivity contribution is 6.12. The van der Waals surface area contributed by atoms with E-state index in [4.69, 9.17) is 10.1 Å². The minimum absolute atomic E-state index is 0.00332. The van der Waals surface area contributed by atoms with Crippen LogP contribution in [0.3, 0.4) is 0 Å². The first-order valence-electron chi connectivity index (χ1n) is 10.7. The minimum Gasteiger partial charge on any atom is -0.307 e. The molecule has 0 radical (unpaired) electrons. The van der Waals surface area contributed by atoms with Crippen molar-refractivity contribution in [3.63, 3.8) is 0 Å². The Morgan fingerprint density at radius 3 is 2.39 bits per heavy atom. The summed E-state index contributed by atoms with van der Waals surface area (Å²) in [5.41, 5.74) is 1.30. The third kappa shape index (κ3) is 3.47. The quantitative estimate of drug-likeness (QED) is 0.855. The van der Waals surface area contributed by atoms with Crippen LogP contribution in [0.5, 0.6) is 0 Å². The van der Waals surface area contributed by atoms with Crippen LogP contribution in [0.2, 0.25) is 0 Å². The molecule has 1 saturated carbocycles. The van der Waals surface area contributed by atoms with E-state index in [1.165, 1.54) is 12.8 Å². The topological polar surface area (TPSA) is 57.1 Å². The molecule has 2 atom stereocenters. The summed E-state index contributed by atoms with van der Waals surface area (Å²) in [6.07, 6.45) is 5.58. The van der Waals surface area contributed by atoms with Crippen molar-refractivity contribution in [3.8, 4) is 0 Å². The van der Waals surface area contributed by atoms with Crippen LogP contribution in [0.25, 0.3) is 0 Å². The Hall–Kier alpha value is -2.17. The number of amidine groups is 2. The highest BCUT2D eigenvalue weighted by Gasteiger charge is 2.46. The number of nitrogens with zero attached hydrogens (tertiary/aromatic N) is 3. The number of fused-ring (bicyclic) bond motifs is 1. The largest absolute Gasteiger partial charge is 0.307 e. The predicted octanol–water partition coefficient (Wildman–Crippen LogP) is 4.19. The van der Waals surface area contributed by atoms with E-state index in [-0.39, 0.29) is 18.0 Å². The summed E-state index contributed by atoms with van der Waals surface area (Å²) >= 11 is 0. The second-order valence-electron chi connectivity index (χ2n) is 9.47. The van der Waals surface area contributed by atoms with Gasteiger partial charge in [0.05, 0.1) is 6.04 Å². The molecule has 2 aliphatic heterocycles. The van der Waals surface area contributed by atoms with Crippen molar-refractivity contribution in [2.24, 2.45) is 27.3 Å². The number of hydrogen-bond acceptors (Lipinski definition) is 4. The van der Waals surface area contributed by atoms with E-state index in [0.29, 0.717) is 17.2 Å². The van der Waals surface area contributed by atoms with Gasteiger partial charge in [-0.2, -0.15) is 5.10 Å². The molecule has 1 N–H and O–H groups in total. The average Bonchev–Trinajstić information content (AvgIpc) is 3.07. The van der Waals surface area contributed by atoms with Gasteiger partial charge < -0.3 is 5.32 Å². The molecule has 0 aromatic heterocycles. The van der Waals surface area contributed by atoms with Gasteiger partial charge >= 0.3 is 0 Å². The van der Waals surface area contributed by atoms with Gasteiger partial charge in [0.2, 0.25) is 0 Å². The van der Waals surface area contributed by atoms with Crippen LogP contribution in [-0.2, 0) is 4.79 Å². The van der Waals surface area contributed by atoms with Crippen molar-refractivity contribution < 1.29 is 4.79 Å². The van der Waals surface area contributed by atoms with Crippen molar-refractivity contribution in [2.75, 3.05) is 0 Å². The van der Waals surface area contributed by atoms with Crippen LogP contribution in [0.15, 0.2) is 40.4 Å². The van der Waals surface area contributed by atoms with Gasteiger partial charge in [-0.05, 0) is 43.4 Å². The summed E-state index contributed by atoms with van der Waals surface area (Å²) in [5.74, 6) is 2.85. The second kappa shape index (κ2) is 7.34. The van der Waals surface area contributed by atoms with Crippen molar-refractivity contribution >= 4 is 17.6 Å². The summed E-state index contributed by atoms with van der Waals surface area (Å²) in [6, 6.07) is 9.58. The molecule has 2 unspecified atom stereocenters. The van der Waals surface area contributed by atoms with E-state index in [9.17, 15) is 4.79 Å². The standard InChI is InChI=1S/C23H32N4O/c1-5-18-19-22(28)25-20(15-9-7-6-8-10-15)26-27(19)21(24-18)16-11-13-17(14-12-16)23(2,3)4/h6-10,16-19H,5,11-14H2,1-4H3,(H,25,26,28). The fraction of sp³-hybridized carbons (Fsp3) is 0.609. The third-order valence-corrected chi connectivity index (χ3v) is 6.66. The van der Waals surface area contributed by atoms with Gasteiger partial charge in [-0.3, -0.25) is 9.79 Å². The highest BCUT2D eigenvalue weighted by Crippen LogP contribution is 2.42. The molecule has 0 bridgehead atoms. The smallest absolute Gasteiger partial charge is 0.252 e. The van der Waals surface area contributed by atoms with Crippen LogP contribution in [0.4, 0.5) is 0 Å². The Balaban J connectivity index is 1.60. The molecule has 1 fully saturated rings. The highest BCUT2D eigenvalue weighted by atomic mass is 16.2. The number of nitrogens with one attached hydrogen (secondary N) is 1. The monoisotopic (exact) mass is 380 g/mol. The summed E-state index contributed by atoms with van der Waals surface area (Å²) in [7, 11) is 0. The number of amides is 1. The Kier molecular flexibility index (Phi) is 5.02. The number of aliphatic imine (C=N–C) groups is 1. The molecule has 1 aromatic rings. The van der Waals surface area contributed by atoms with Crippen LogP contribution in [0, 0.1) is 17.3 Å². The Bertz CT molecular complexity index is 785. The molecule has 1 aliphatic carbocycles. The lowest BCUT2D eigenvalue weighted by molar-refractivity contribution is -0.124. The molecule has 0 saturated heterocycles. The van der Waals surface area contributed by atoms with Gasteiger partial charge in [0.25, 0.3) is 5.91 Å². The van der Waals surface area contributed by atoms with E-state index in [2.05, 4.69) is 33.0 Å².